The Morgan fingerprint density at radius 2 is 2.38 bits per heavy atom. The van der Waals surface area contributed by atoms with Crippen LogP contribution in [0.3, 0.4) is 0 Å². The molecule has 1 rings (SSSR count). The third kappa shape index (κ3) is 2.87. The van der Waals surface area contributed by atoms with Crippen LogP contribution >= 0.6 is 11.6 Å². The minimum atomic E-state index is 0.296. The summed E-state index contributed by atoms with van der Waals surface area (Å²) in [6.07, 6.45) is 4.88. The second kappa shape index (κ2) is 5.48. The highest BCUT2D eigenvalue weighted by atomic mass is 35.5. The molecule has 3 heteroatoms. The Morgan fingerprint density at radius 1 is 1.62 bits per heavy atom. The molecule has 0 N–H and O–H groups in total. The van der Waals surface area contributed by atoms with E-state index >= 15 is 0 Å². The van der Waals surface area contributed by atoms with Gasteiger partial charge in [0.2, 0.25) is 5.91 Å². The molecular formula is C10H18ClNO. The van der Waals surface area contributed by atoms with Crippen LogP contribution in [0.25, 0.3) is 0 Å². The summed E-state index contributed by atoms with van der Waals surface area (Å²) in [4.78, 5) is 13.7. The van der Waals surface area contributed by atoms with Gasteiger partial charge in [0.05, 0.1) is 0 Å². The second-order valence-electron chi connectivity index (χ2n) is 3.58. The van der Waals surface area contributed by atoms with Gasteiger partial charge in [0, 0.05) is 24.9 Å². The molecule has 0 spiro atoms. The number of rotatable bonds is 4. The smallest absolute Gasteiger partial charge is 0.222 e. The number of alkyl halides is 1. The maximum atomic E-state index is 11.6. The second-order valence-corrected chi connectivity index (χ2v) is 3.96. The topological polar surface area (TPSA) is 20.3 Å². The van der Waals surface area contributed by atoms with E-state index < -0.39 is 0 Å². The molecule has 0 aromatic heterocycles. The minimum Gasteiger partial charge on any atom is -0.340 e. The predicted octanol–water partition coefficient (Wildman–Crippen LogP) is 2.41. The summed E-state index contributed by atoms with van der Waals surface area (Å²) in [5, 5.41) is 0. The number of carbonyl (C=O) groups is 1. The predicted molar refractivity (Wildman–Crippen MR) is 55.0 cm³/mol. The molecule has 1 saturated heterocycles. The van der Waals surface area contributed by atoms with Crippen LogP contribution < -0.4 is 0 Å². The van der Waals surface area contributed by atoms with Crippen LogP contribution in [-0.4, -0.2) is 29.3 Å². The van der Waals surface area contributed by atoms with Gasteiger partial charge in [-0.3, -0.25) is 4.79 Å². The van der Waals surface area contributed by atoms with Gasteiger partial charge in [-0.05, 0) is 25.7 Å². The molecule has 1 aliphatic heterocycles. The molecule has 0 radical (unpaired) electrons. The van der Waals surface area contributed by atoms with E-state index in [0.717, 1.165) is 19.4 Å². The van der Waals surface area contributed by atoms with E-state index in [0.29, 0.717) is 24.2 Å². The van der Waals surface area contributed by atoms with E-state index in [1.54, 1.807) is 0 Å². The maximum Gasteiger partial charge on any atom is 0.222 e. The zero-order valence-corrected chi connectivity index (χ0v) is 9.02. The quantitative estimate of drug-likeness (QED) is 0.643. The summed E-state index contributed by atoms with van der Waals surface area (Å²) in [6, 6.07) is 0.503. The van der Waals surface area contributed by atoms with E-state index in [4.69, 9.17) is 11.6 Å². The first-order valence-electron chi connectivity index (χ1n) is 5.15. The molecule has 0 aliphatic carbocycles. The molecule has 13 heavy (non-hydrogen) atoms. The van der Waals surface area contributed by atoms with Crippen molar-refractivity contribution in [3.05, 3.63) is 0 Å². The molecule has 2 nitrogen and oxygen atoms in total. The number of carbonyl (C=O) groups excluding carboxylic acids is 1. The lowest BCUT2D eigenvalue weighted by Crippen LogP contribution is -2.34. The van der Waals surface area contributed by atoms with Crippen molar-refractivity contribution >= 4 is 17.5 Å². The fourth-order valence-electron chi connectivity index (χ4n) is 1.95. The van der Waals surface area contributed by atoms with Crippen molar-refractivity contribution in [3.63, 3.8) is 0 Å². The summed E-state index contributed by atoms with van der Waals surface area (Å²) < 4.78 is 0. The van der Waals surface area contributed by atoms with Crippen molar-refractivity contribution in [3.8, 4) is 0 Å². The Kier molecular flexibility index (Phi) is 4.57. The maximum absolute atomic E-state index is 11.6. The van der Waals surface area contributed by atoms with Crippen LogP contribution in [0, 0.1) is 0 Å². The fourth-order valence-corrected chi connectivity index (χ4v) is 2.08. The average molecular weight is 204 g/mol. The molecule has 1 amide bonds. The fraction of sp³-hybridized carbons (Fsp3) is 0.900. The van der Waals surface area contributed by atoms with E-state index in [2.05, 4.69) is 6.92 Å². The largest absolute Gasteiger partial charge is 0.340 e. The van der Waals surface area contributed by atoms with Crippen LogP contribution in [0.5, 0.6) is 0 Å². The van der Waals surface area contributed by atoms with Crippen LogP contribution in [0.1, 0.15) is 39.0 Å². The lowest BCUT2D eigenvalue weighted by atomic mass is 10.1. The summed E-state index contributed by atoms with van der Waals surface area (Å²) in [5.41, 5.74) is 0. The Labute approximate surface area is 85.2 Å². The average Bonchev–Trinajstić information content (AvgIpc) is 2.61. The molecular weight excluding hydrogens is 186 g/mol. The molecule has 0 aromatic rings. The summed E-state index contributed by atoms with van der Waals surface area (Å²) >= 11 is 5.55. The van der Waals surface area contributed by atoms with Gasteiger partial charge in [0.1, 0.15) is 0 Å². The van der Waals surface area contributed by atoms with Crippen molar-refractivity contribution in [1.29, 1.82) is 0 Å². The van der Waals surface area contributed by atoms with Crippen molar-refractivity contribution in [1.82, 2.24) is 4.90 Å². The number of hydrogen-bond donors (Lipinski definition) is 0. The van der Waals surface area contributed by atoms with Crippen molar-refractivity contribution in [2.45, 2.75) is 45.1 Å². The highest BCUT2D eigenvalue weighted by molar-refractivity contribution is 6.17. The standard InChI is InChI=1S/C10H18ClNO/c1-2-9-5-4-8-12(9)10(13)6-3-7-11/h9H,2-8H2,1H3. The van der Waals surface area contributed by atoms with Gasteiger partial charge >= 0.3 is 0 Å². The van der Waals surface area contributed by atoms with Crippen LogP contribution in [0.2, 0.25) is 0 Å². The molecule has 1 fully saturated rings. The zero-order valence-electron chi connectivity index (χ0n) is 8.26. The Balaban J connectivity index is 2.36. The number of halogens is 1. The van der Waals surface area contributed by atoms with Crippen molar-refractivity contribution in [2.24, 2.45) is 0 Å². The Morgan fingerprint density at radius 3 is 3.00 bits per heavy atom. The van der Waals surface area contributed by atoms with Gasteiger partial charge in [0.25, 0.3) is 0 Å². The highest BCUT2D eigenvalue weighted by Crippen LogP contribution is 2.20. The Hall–Kier alpha value is -0.240. The lowest BCUT2D eigenvalue weighted by molar-refractivity contribution is -0.132. The van der Waals surface area contributed by atoms with Crippen molar-refractivity contribution < 1.29 is 4.79 Å². The monoisotopic (exact) mass is 203 g/mol. The number of nitrogens with zero attached hydrogens (tertiary/aromatic N) is 1. The third-order valence-corrected chi connectivity index (χ3v) is 2.96. The van der Waals surface area contributed by atoms with Gasteiger partial charge in [-0.1, -0.05) is 6.92 Å². The summed E-state index contributed by atoms with van der Waals surface area (Å²) in [7, 11) is 0. The zero-order chi connectivity index (χ0) is 9.68. The normalized spacial score (nSPS) is 22.3. The van der Waals surface area contributed by atoms with Crippen LogP contribution in [0.15, 0.2) is 0 Å². The van der Waals surface area contributed by atoms with E-state index in [1.807, 2.05) is 4.90 Å². The first-order valence-corrected chi connectivity index (χ1v) is 5.68. The Bertz CT molecular complexity index is 172. The first-order chi connectivity index (χ1) is 6.29. The number of likely N-dealkylation sites (tertiary alicyclic amines) is 1. The minimum absolute atomic E-state index is 0.296. The third-order valence-electron chi connectivity index (χ3n) is 2.69. The van der Waals surface area contributed by atoms with Gasteiger partial charge in [-0.2, -0.15) is 0 Å². The van der Waals surface area contributed by atoms with E-state index in [9.17, 15) is 4.79 Å². The molecule has 0 saturated carbocycles. The lowest BCUT2D eigenvalue weighted by Gasteiger charge is -2.23. The van der Waals surface area contributed by atoms with E-state index in [1.165, 1.54) is 12.8 Å². The highest BCUT2D eigenvalue weighted by Gasteiger charge is 2.26. The van der Waals surface area contributed by atoms with Crippen LogP contribution in [0.4, 0.5) is 0 Å². The molecule has 76 valence electrons. The molecule has 1 heterocycles. The van der Waals surface area contributed by atoms with Gasteiger partial charge < -0.3 is 4.90 Å². The first kappa shape index (κ1) is 10.8. The van der Waals surface area contributed by atoms with Gasteiger partial charge in [-0.25, -0.2) is 0 Å². The number of hydrogen-bond acceptors (Lipinski definition) is 1. The van der Waals surface area contributed by atoms with Crippen LogP contribution in [-0.2, 0) is 4.79 Å². The molecule has 1 unspecified atom stereocenters. The molecule has 0 bridgehead atoms. The molecule has 1 atom stereocenters. The molecule has 1 aliphatic rings. The van der Waals surface area contributed by atoms with Gasteiger partial charge in [-0.15, -0.1) is 11.6 Å². The number of amides is 1. The molecule has 0 aromatic carbocycles. The van der Waals surface area contributed by atoms with E-state index in [-0.39, 0.29) is 0 Å². The van der Waals surface area contributed by atoms with Crippen molar-refractivity contribution in [2.75, 3.05) is 12.4 Å². The summed E-state index contributed by atoms with van der Waals surface area (Å²) in [6.45, 7) is 3.11. The SMILES string of the molecule is CCC1CCCN1C(=O)CCCCl. The summed E-state index contributed by atoms with van der Waals surface area (Å²) in [5.74, 6) is 0.890. The van der Waals surface area contributed by atoms with Gasteiger partial charge in [0.15, 0.2) is 0 Å².